The van der Waals surface area contributed by atoms with Crippen LogP contribution in [-0.4, -0.2) is 27.3 Å². The van der Waals surface area contributed by atoms with Gasteiger partial charge in [-0.1, -0.05) is 0 Å². The lowest BCUT2D eigenvalue weighted by Gasteiger charge is -2.06. The number of ether oxygens (including phenoxy) is 1. The van der Waals surface area contributed by atoms with Crippen molar-refractivity contribution in [2.75, 3.05) is 0 Å². The maximum absolute atomic E-state index is 12.9. The molecule has 3 rings (SSSR count). The third-order valence-electron chi connectivity index (χ3n) is 3.49. The van der Waals surface area contributed by atoms with Crippen molar-refractivity contribution >= 4 is 5.97 Å². The van der Waals surface area contributed by atoms with E-state index in [0.717, 1.165) is 0 Å². The SMILES string of the molecule is N[C@@H](CC(=O)O)Cc1nnc(-c2ccc(Oc3ccc(F)cc3)cc2)o1. The van der Waals surface area contributed by atoms with Crippen LogP contribution in [-0.2, 0) is 11.2 Å². The second-order valence-electron chi connectivity index (χ2n) is 5.64. The lowest BCUT2D eigenvalue weighted by Crippen LogP contribution is -2.26. The average Bonchev–Trinajstić information content (AvgIpc) is 3.05. The second kappa shape index (κ2) is 7.75. The number of nitrogens with two attached hydrogens (primary N) is 1. The van der Waals surface area contributed by atoms with Crippen LogP contribution in [0.3, 0.4) is 0 Å². The molecule has 0 aliphatic rings. The number of benzene rings is 2. The maximum atomic E-state index is 12.9. The zero-order valence-electron chi connectivity index (χ0n) is 13.6. The number of aliphatic carboxylic acids is 1. The highest BCUT2D eigenvalue weighted by molar-refractivity contribution is 5.67. The number of nitrogens with zero attached hydrogens (tertiary/aromatic N) is 2. The van der Waals surface area contributed by atoms with E-state index in [9.17, 15) is 9.18 Å². The summed E-state index contributed by atoms with van der Waals surface area (Å²) in [6.07, 6.45) is 0.0121. The monoisotopic (exact) mass is 357 g/mol. The van der Waals surface area contributed by atoms with E-state index in [0.29, 0.717) is 23.0 Å². The molecule has 0 fully saturated rings. The largest absolute Gasteiger partial charge is 0.481 e. The fourth-order valence-corrected chi connectivity index (χ4v) is 2.28. The molecule has 1 aromatic heterocycles. The fourth-order valence-electron chi connectivity index (χ4n) is 2.28. The summed E-state index contributed by atoms with van der Waals surface area (Å²) in [6.45, 7) is 0. The highest BCUT2D eigenvalue weighted by atomic mass is 19.1. The Labute approximate surface area is 148 Å². The van der Waals surface area contributed by atoms with Crippen molar-refractivity contribution in [3.05, 3.63) is 60.2 Å². The molecule has 3 N–H and O–H groups in total. The maximum Gasteiger partial charge on any atom is 0.304 e. The van der Waals surface area contributed by atoms with Gasteiger partial charge in [0.2, 0.25) is 11.8 Å². The minimum Gasteiger partial charge on any atom is -0.481 e. The smallest absolute Gasteiger partial charge is 0.304 e. The van der Waals surface area contributed by atoms with Gasteiger partial charge in [0.15, 0.2) is 0 Å². The van der Waals surface area contributed by atoms with Gasteiger partial charge in [-0.2, -0.15) is 0 Å². The molecular formula is C18H16FN3O4. The summed E-state index contributed by atoms with van der Waals surface area (Å²) in [7, 11) is 0. The van der Waals surface area contributed by atoms with Crippen LogP contribution in [0.15, 0.2) is 52.9 Å². The first-order chi connectivity index (χ1) is 12.5. The van der Waals surface area contributed by atoms with Crippen molar-refractivity contribution in [2.24, 2.45) is 5.73 Å². The molecule has 0 bridgehead atoms. The Balaban J connectivity index is 1.65. The molecule has 2 aromatic carbocycles. The molecule has 3 aromatic rings. The van der Waals surface area contributed by atoms with Crippen molar-refractivity contribution in [2.45, 2.75) is 18.9 Å². The minimum atomic E-state index is -0.978. The molecule has 0 unspecified atom stereocenters. The quantitative estimate of drug-likeness (QED) is 0.668. The molecule has 0 amide bonds. The first-order valence-corrected chi connectivity index (χ1v) is 7.83. The van der Waals surface area contributed by atoms with Crippen LogP contribution < -0.4 is 10.5 Å². The van der Waals surface area contributed by atoms with E-state index in [1.807, 2.05) is 0 Å². The summed E-state index contributed by atoms with van der Waals surface area (Å²) in [6, 6.07) is 12.0. The third-order valence-corrected chi connectivity index (χ3v) is 3.49. The van der Waals surface area contributed by atoms with Gasteiger partial charge in [-0.3, -0.25) is 4.79 Å². The van der Waals surface area contributed by atoms with E-state index in [4.69, 9.17) is 20.0 Å². The number of carboxylic acid groups (broad SMARTS) is 1. The van der Waals surface area contributed by atoms with Crippen molar-refractivity contribution in [1.82, 2.24) is 10.2 Å². The molecule has 0 aliphatic heterocycles. The minimum absolute atomic E-state index is 0.173. The molecule has 0 saturated carbocycles. The van der Waals surface area contributed by atoms with E-state index >= 15 is 0 Å². The Hall–Kier alpha value is -3.26. The number of hydrogen-bond donors (Lipinski definition) is 2. The molecule has 0 radical (unpaired) electrons. The highest BCUT2D eigenvalue weighted by Gasteiger charge is 2.14. The molecular weight excluding hydrogens is 341 g/mol. The number of hydrogen-bond acceptors (Lipinski definition) is 6. The first kappa shape index (κ1) is 17.6. The molecule has 0 saturated heterocycles. The molecule has 26 heavy (non-hydrogen) atoms. The molecule has 1 heterocycles. The number of halogens is 1. The van der Waals surface area contributed by atoms with Crippen molar-refractivity contribution in [3.8, 4) is 23.0 Å². The van der Waals surface area contributed by atoms with Gasteiger partial charge in [0.1, 0.15) is 17.3 Å². The zero-order valence-corrected chi connectivity index (χ0v) is 13.6. The predicted molar refractivity (Wildman–Crippen MR) is 90.1 cm³/mol. The number of carbonyl (C=O) groups is 1. The van der Waals surface area contributed by atoms with Gasteiger partial charge in [0.05, 0.1) is 6.42 Å². The molecule has 1 atom stereocenters. The fraction of sp³-hybridized carbons (Fsp3) is 0.167. The lowest BCUT2D eigenvalue weighted by atomic mass is 10.1. The lowest BCUT2D eigenvalue weighted by molar-refractivity contribution is -0.137. The van der Waals surface area contributed by atoms with Gasteiger partial charge in [-0.05, 0) is 48.5 Å². The van der Waals surface area contributed by atoms with E-state index in [1.165, 1.54) is 24.3 Å². The van der Waals surface area contributed by atoms with Crippen molar-refractivity contribution in [1.29, 1.82) is 0 Å². The van der Waals surface area contributed by atoms with E-state index < -0.39 is 12.0 Å². The van der Waals surface area contributed by atoms with Crippen molar-refractivity contribution < 1.29 is 23.4 Å². The van der Waals surface area contributed by atoms with E-state index in [1.54, 1.807) is 24.3 Å². The topological polar surface area (TPSA) is 111 Å². The Kier molecular flexibility index (Phi) is 5.23. The van der Waals surface area contributed by atoms with Crippen LogP contribution in [0.2, 0.25) is 0 Å². The number of aromatic nitrogens is 2. The summed E-state index contributed by atoms with van der Waals surface area (Å²) in [5.74, 6) is 0.364. The zero-order chi connectivity index (χ0) is 18.5. The molecule has 0 aliphatic carbocycles. The predicted octanol–water partition coefficient (Wildman–Crippen LogP) is 3.01. The highest BCUT2D eigenvalue weighted by Crippen LogP contribution is 2.25. The van der Waals surface area contributed by atoms with Crippen LogP contribution in [0.5, 0.6) is 11.5 Å². The molecule has 0 spiro atoms. The van der Waals surface area contributed by atoms with Crippen molar-refractivity contribution in [3.63, 3.8) is 0 Å². The Morgan fingerprint density at radius 3 is 2.35 bits per heavy atom. The Morgan fingerprint density at radius 1 is 1.12 bits per heavy atom. The summed E-state index contributed by atoms with van der Waals surface area (Å²) in [5, 5.41) is 16.5. The Bertz CT molecular complexity index is 878. The number of carboxylic acids is 1. The van der Waals surface area contributed by atoms with Gasteiger partial charge in [-0.15, -0.1) is 10.2 Å². The normalized spacial score (nSPS) is 11.9. The van der Waals surface area contributed by atoms with Crippen LogP contribution >= 0.6 is 0 Å². The first-order valence-electron chi connectivity index (χ1n) is 7.83. The van der Waals surface area contributed by atoms with Crippen LogP contribution in [0.25, 0.3) is 11.5 Å². The number of rotatable bonds is 7. The molecule has 8 heteroatoms. The van der Waals surface area contributed by atoms with E-state index in [-0.39, 0.29) is 24.5 Å². The van der Waals surface area contributed by atoms with E-state index in [2.05, 4.69) is 10.2 Å². The summed E-state index contributed by atoms with van der Waals surface area (Å²) in [4.78, 5) is 10.6. The van der Waals surface area contributed by atoms with Gasteiger partial charge < -0.3 is 20.0 Å². The van der Waals surface area contributed by atoms with Crippen LogP contribution in [0, 0.1) is 5.82 Å². The Morgan fingerprint density at radius 2 is 1.73 bits per heavy atom. The van der Waals surface area contributed by atoms with Gasteiger partial charge >= 0.3 is 5.97 Å². The van der Waals surface area contributed by atoms with Gasteiger partial charge in [0.25, 0.3) is 0 Å². The summed E-state index contributed by atoms with van der Waals surface area (Å²) < 4.78 is 24.0. The third kappa shape index (κ3) is 4.64. The van der Waals surface area contributed by atoms with Gasteiger partial charge in [-0.25, -0.2) is 4.39 Å². The molecule has 134 valence electrons. The summed E-state index contributed by atoms with van der Waals surface area (Å²) >= 11 is 0. The van der Waals surface area contributed by atoms with Crippen LogP contribution in [0.4, 0.5) is 4.39 Å². The second-order valence-corrected chi connectivity index (χ2v) is 5.64. The molecule has 7 nitrogen and oxygen atoms in total. The average molecular weight is 357 g/mol. The van der Waals surface area contributed by atoms with Crippen LogP contribution in [0.1, 0.15) is 12.3 Å². The standard InChI is InChI=1S/C18H16FN3O4/c19-12-3-7-15(8-4-12)25-14-5-1-11(2-6-14)18-22-21-16(26-18)9-13(20)10-17(23)24/h1-8,13H,9-10,20H2,(H,23,24)/t13-/m1/s1. The van der Waals surface area contributed by atoms with Gasteiger partial charge in [0, 0.05) is 18.0 Å². The summed E-state index contributed by atoms with van der Waals surface area (Å²) in [5.41, 5.74) is 6.39.